The number of benzene rings is 1. The predicted octanol–water partition coefficient (Wildman–Crippen LogP) is 3.43. The average molecular weight is 226 g/mol. The van der Waals surface area contributed by atoms with Crippen molar-refractivity contribution >= 4 is 22.4 Å². The molecule has 4 heteroatoms. The highest BCUT2D eigenvalue weighted by Crippen LogP contribution is 2.29. The number of hydrogen-bond donors (Lipinski definition) is 0. The van der Waals surface area contributed by atoms with E-state index in [0.29, 0.717) is 17.7 Å². The van der Waals surface area contributed by atoms with Crippen LogP contribution in [0.25, 0.3) is 10.8 Å². The monoisotopic (exact) mass is 225 g/mol. The van der Waals surface area contributed by atoms with Gasteiger partial charge in [0.1, 0.15) is 16.7 Å². The van der Waals surface area contributed by atoms with Crippen LogP contribution in [-0.2, 0) is 0 Å². The summed E-state index contributed by atoms with van der Waals surface area (Å²) in [6.45, 7) is 2.42. The molecule has 0 aliphatic rings. The Morgan fingerprint density at radius 2 is 2.20 bits per heavy atom. The van der Waals surface area contributed by atoms with Crippen LogP contribution < -0.4 is 4.74 Å². The quantitative estimate of drug-likeness (QED) is 0.731. The number of hydrogen-bond acceptors (Lipinski definition) is 2. The molecule has 0 bridgehead atoms. The van der Waals surface area contributed by atoms with Crippen molar-refractivity contribution in [2.24, 2.45) is 0 Å². The van der Waals surface area contributed by atoms with Gasteiger partial charge in [0.25, 0.3) is 0 Å². The fourth-order valence-electron chi connectivity index (χ4n) is 1.43. The first kappa shape index (κ1) is 10.2. The van der Waals surface area contributed by atoms with E-state index in [1.54, 1.807) is 12.3 Å². The van der Waals surface area contributed by atoms with E-state index in [9.17, 15) is 4.39 Å². The molecule has 0 saturated heterocycles. The zero-order valence-electron chi connectivity index (χ0n) is 8.13. The second kappa shape index (κ2) is 4.03. The highest BCUT2D eigenvalue weighted by Gasteiger charge is 2.07. The van der Waals surface area contributed by atoms with Crippen molar-refractivity contribution in [1.29, 1.82) is 0 Å². The van der Waals surface area contributed by atoms with Crippen molar-refractivity contribution in [3.05, 3.63) is 35.4 Å². The molecule has 1 aromatic heterocycles. The van der Waals surface area contributed by atoms with E-state index in [0.717, 1.165) is 5.39 Å². The molecule has 78 valence electrons. The van der Waals surface area contributed by atoms with Crippen LogP contribution >= 0.6 is 11.6 Å². The number of fused-ring (bicyclic) bond motifs is 1. The molecular weight excluding hydrogens is 217 g/mol. The van der Waals surface area contributed by atoms with Crippen LogP contribution in [0.1, 0.15) is 6.92 Å². The minimum atomic E-state index is -0.333. The third kappa shape index (κ3) is 1.88. The summed E-state index contributed by atoms with van der Waals surface area (Å²) < 4.78 is 18.4. The Balaban J connectivity index is 2.71. The number of rotatable bonds is 2. The van der Waals surface area contributed by atoms with Crippen molar-refractivity contribution in [2.45, 2.75) is 6.92 Å². The molecule has 0 saturated carbocycles. The molecule has 2 aromatic rings. The summed E-state index contributed by atoms with van der Waals surface area (Å²) in [5.41, 5.74) is 0. The topological polar surface area (TPSA) is 22.1 Å². The number of nitrogens with zero attached hydrogens (tertiary/aromatic N) is 1. The molecule has 0 fully saturated rings. The van der Waals surface area contributed by atoms with E-state index < -0.39 is 0 Å². The molecule has 0 atom stereocenters. The van der Waals surface area contributed by atoms with Crippen molar-refractivity contribution in [3.63, 3.8) is 0 Å². The van der Waals surface area contributed by atoms with E-state index in [1.807, 2.05) is 6.92 Å². The van der Waals surface area contributed by atoms with Crippen LogP contribution in [0.2, 0.25) is 5.15 Å². The van der Waals surface area contributed by atoms with Gasteiger partial charge in [-0.2, -0.15) is 0 Å². The smallest absolute Gasteiger partial charge is 0.145 e. The highest BCUT2D eigenvalue weighted by molar-refractivity contribution is 6.34. The van der Waals surface area contributed by atoms with Crippen molar-refractivity contribution in [2.75, 3.05) is 6.61 Å². The van der Waals surface area contributed by atoms with Gasteiger partial charge in [0, 0.05) is 10.8 Å². The maximum absolute atomic E-state index is 13.0. The normalized spacial score (nSPS) is 10.6. The summed E-state index contributed by atoms with van der Waals surface area (Å²) in [4.78, 5) is 3.94. The van der Waals surface area contributed by atoms with Crippen LogP contribution in [0.4, 0.5) is 4.39 Å². The Bertz CT molecular complexity index is 501. The minimum absolute atomic E-state index is 0.285. The largest absolute Gasteiger partial charge is 0.492 e. The van der Waals surface area contributed by atoms with Crippen LogP contribution in [0.3, 0.4) is 0 Å². The molecule has 0 spiro atoms. The Labute approximate surface area is 91.6 Å². The van der Waals surface area contributed by atoms with Gasteiger partial charge in [-0.05, 0) is 25.1 Å². The second-order valence-corrected chi connectivity index (χ2v) is 3.39. The third-order valence-corrected chi connectivity index (χ3v) is 2.37. The van der Waals surface area contributed by atoms with Gasteiger partial charge < -0.3 is 4.74 Å². The van der Waals surface area contributed by atoms with Gasteiger partial charge in [-0.3, -0.25) is 0 Å². The molecule has 0 unspecified atom stereocenters. The molecule has 2 rings (SSSR count). The van der Waals surface area contributed by atoms with Gasteiger partial charge in [0.05, 0.1) is 12.8 Å². The summed E-state index contributed by atoms with van der Waals surface area (Å²) in [5.74, 6) is 0.289. The zero-order chi connectivity index (χ0) is 10.8. The second-order valence-electron chi connectivity index (χ2n) is 3.04. The minimum Gasteiger partial charge on any atom is -0.492 e. The first-order chi connectivity index (χ1) is 7.22. The Morgan fingerprint density at radius 1 is 1.40 bits per heavy atom. The third-order valence-electron chi connectivity index (χ3n) is 2.06. The van der Waals surface area contributed by atoms with E-state index >= 15 is 0 Å². The summed E-state index contributed by atoms with van der Waals surface area (Å²) in [6.07, 6.45) is 1.55. The van der Waals surface area contributed by atoms with Crippen LogP contribution in [0.5, 0.6) is 5.75 Å². The fraction of sp³-hybridized carbons (Fsp3) is 0.182. The lowest BCUT2D eigenvalue weighted by molar-refractivity contribution is 0.343. The first-order valence-corrected chi connectivity index (χ1v) is 4.96. The summed E-state index contributed by atoms with van der Waals surface area (Å²) >= 11 is 5.87. The molecular formula is C11H9ClFNO. The number of pyridine rings is 1. The SMILES string of the molecule is CCOc1cnc(Cl)c2cc(F)ccc12. The van der Waals surface area contributed by atoms with Crippen LogP contribution in [0.15, 0.2) is 24.4 Å². The zero-order valence-corrected chi connectivity index (χ0v) is 8.88. The van der Waals surface area contributed by atoms with Gasteiger partial charge in [-0.1, -0.05) is 11.6 Å². The number of aromatic nitrogens is 1. The molecule has 0 aliphatic carbocycles. The maximum atomic E-state index is 13.0. The van der Waals surface area contributed by atoms with E-state index in [4.69, 9.17) is 16.3 Å². The lowest BCUT2D eigenvalue weighted by Gasteiger charge is -2.07. The maximum Gasteiger partial charge on any atom is 0.145 e. The predicted molar refractivity (Wildman–Crippen MR) is 57.9 cm³/mol. The standard InChI is InChI=1S/C11H9ClFNO/c1-2-15-10-6-14-11(12)9-5-7(13)3-4-8(9)10/h3-6H,2H2,1H3. The molecule has 1 heterocycles. The van der Waals surface area contributed by atoms with Gasteiger partial charge in [0.15, 0.2) is 0 Å². The van der Waals surface area contributed by atoms with Crippen molar-refractivity contribution in [3.8, 4) is 5.75 Å². The Morgan fingerprint density at radius 3 is 2.93 bits per heavy atom. The van der Waals surface area contributed by atoms with Crippen LogP contribution in [-0.4, -0.2) is 11.6 Å². The molecule has 0 aliphatic heterocycles. The summed E-state index contributed by atoms with van der Waals surface area (Å²) in [5, 5.41) is 1.63. The molecule has 0 radical (unpaired) electrons. The van der Waals surface area contributed by atoms with Crippen molar-refractivity contribution in [1.82, 2.24) is 4.98 Å². The van der Waals surface area contributed by atoms with Gasteiger partial charge in [-0.25, -0.2) is 9.37 Å². The summed E-state index contributed by atoms with van der Waals surface area (Å²) in [6, 6.07) is 4.37. The molecule has 0 amide bonds. The molecule has 15 heavy (non-hydrogen) atoms. The van der Waals surface area contributed by atoms with E-state index in [2.05, 4.69) is 4.98 Å². The van der Waals surface area contributed by atoms with E-state index in [-0.39, 0.29) is 11.0 Å². The molecule has 2 nitrogen and oxygen atoms in total. The first-order valence-electron chi connectivity index (χ1n) is 4.59. The number of ether oxygens (including phenoxy) is 1. The average Bonchev–Trinajstić information content (AvgIpc) is 2.23. The molecule has 1 aromatic carbocycles. The lowest BCUT2D eigenvalue weighted by atomic mass is 10.1. The van der Waals surface area contributed by atoms with Gasteiger partial charge in [0.2, 0.25) is 0 Å². The van der Waals surface area contributed by atoms with Gasteiger partial charge in [-0.15, -0.1) is 0 Å². The van der Waals surface area contributed by atoms with Crippen molar-refractivity contribution < 1.29 is 9.13 Å². The highest BCUT2D eigenvalue weighted by atomic mass is 35.5. The number of halogens is 2. The Hall–Kier alpha value is -1.35. The van der Waals surface area contributed by atoms with E-state index in [1.165, 1.54) is 12.1 Å². The van der Waals surface area contributed by atoms with Crippen LogP contribution in [0, 0.1) is 5.82 Å². The summed E-state index contributed by atoms with van der Waals surface area (Å²) in [7, 11) is 0. The van der Waals surface area contributed by atoms with Gasteiger partial charge >= 0.3 is 0 Å². The Kier molecular flexibility index (Phi) is 2.73. The molecule has 0 N–H and O–H groups in total. The lowest BCUT2D eigenvalue weighted by Crippen LogP contribution is -1.94. The fourth-order valence-corrected chi connectivity index (χ4v) is 1.63.